The molecule has 0 spiro atoms. The Morgan fingerprint density at radius 1 is 1.50 bits per heavy atom. The monoisotopic (exact) mass is 243 g/mol. The fourth-order valence-corrected chi connectivity index (χ4v) is 3.68. The van der Waals surface area contributed by atoms with Crippen LogP contribution < -0.4 is 5.73 Å². The SMILES string of the molecule is CN1CCN(C(=O)C2CCSC2)C(CN)C1. The molecule has 0 aromatic carbocycles. The minimum atomic E-state index is 0.219. The third kappa shape index (κ3) is 2.52. The lowest BCUT2D eigenvalue weighted by molar-refractivity contribution is -0.139. The molecule has 2 aliphatic rings. The molecule has 0 saturated carbocycles. The second kappa shape index (κ2) is 5.38. The summed E-state index contributed by atoms with van der Waals surface area (Å²) in [4.78, 5) is 16.6. The van der Waals surface area contributed by atoms with E-state index in [1.807, 2.05) is 16.7 Å². The molecule has 4 nitrogen and oxygen atoms in total. The van der Waals surface area contributed by atoms with Crippen molar-refractivity contribution in [2.24, 2.45) is 11.7 Å². The summed E-state index contributed by atoms with van der Waals surface area (Å²) in [5.74, 6) is 2.73. The van der Waals surface area contributed by atoms with Crippen LogP contribution in [0.25, 0.3) is 0 Å². The molecule has 0 aromatic rings. The van der Waals surface area contributed by atoms with Crippen LogP contribution in [0.2, 0.25) is 0 Å². The molecule has 0 aliphatic carbocycles. The number of rotatable bonds is 2. The Kier molecular flexibility index (Phi) is 4.10. The van der Waals surface area contributed by atoms with Crippen LogP contribution in [0.4, 0.5) is 0 Å². The Hall–Kier alpha value is -0.260. The van der Waals surface area contributed by atoms with E-state index in [9.17, 15) is 4.79 Å². The van der Waals surface area contributed by atoms with E-state index in [4.69, 9.17) is 5.73 Å². The lowest BCUT2D eigenvalue weighted by Crippen LogP contribution is -2.58. The van der Waals surface area contributed by atoms with Crippen molar-refractivity contribution in [1.82, 2.24) is 9.80 Å². The van der Waals surface area contributed by atoms with Gasteiger partial charge in [-0.25, -0.2) is 0 Å². The second-order valence-electron chi connectivity index (χ2n) is 4.74. The molecule has 2 atom stereocenters. The summed E-state index contributed by atoms with van der Waals surface area (Å²) in [6.07, 6.45) is 1.05. The Morgan fingerprint density at radius 2 is 2.31 bits per heavy atom. The van der Waals surface area contributed by atoms with Gasteiger partial charge in [-0.3, -0.25) is 4.79 Å². The number of carbonyl (C=O) groups is 1. The van der Waals surface area contributed by atoms with Crippen molar-refractivity contribution in [2.45, 2.75) is 12.5 Å². The third-order valence-corrected chi connectivity index (χ3v) is 4.68. The number of amides is 1. The van der Waals surface area contributed by atoms with Crippen molar-refractivity contribution in [2.75, 3.05) is 44.7 Å². The first kappa shape index (κ1) is 12.2. The van der Waals surface area contributed by atoms with E-state index in [0.29, 0.717) is 12.5 Å². The quantitative estimate of drug-likeness (QED) is 0.732. The zero-order valence-corrected chi connectivity index (χ0v) is 10.7. The van der Waals surface area contributed by atoms with E-state index < -0.39 is 0 Å². The fraction of sp³-hybridized carbons (Fsp3) is 0.909. The molecule has 2 saturated heterocycles. The number of likely N-dealkylation sites (N-methyl/N-ethyl adjacent to an activating group) is 1. The average Bonchev–Trinajstić information content (AvgIpc) is 2.81. The predicted octanol–water partition coefficient (Wildman–Crippen LogP) is -0.159. The number of hydrogen-bond acceptors (Lipinski definition) is 4. The van der Waals surface area contributed by atoms with Crippen LogP contribution in [-0.4, -0.2) is 66.5 Å². The third-order valence-electron chi connectivity index (χ3n) is 3.52. The minimum Gasteiger partial charge on any atom is -0.336 e. The molecule has 2 rings (SSSR count). The molecule has 5 heteroatoms. The standard InChI is InChI=1S/C11H21N3OS/c1-13-3-4-14(10(6-12)7-13)11(15)9-2-5-16-8-9/h9-10H,2-8,12H2,1H3. The summed E-state index contributed by atoms with van der Waals surface area (Å²) in [6, 6.07) is 0.219. The van der Waals surface area contributed by atoms with Crippen molar-refractivity contribution in [3.63, 3.8) is 0 Å². The van der Waals surface area contributed by atoms with Crippen LogP contribution in [0.5, 0.6) is 0 Å². The van der Waals surface area contributed by atoms with E-state index in [1.54, 1.807) is 0 Å². The van der Waals surface area contributed by atoms with Gasteiger partial charge in [-0.05, 0) is 19.2 Å². The molecule has 16 heavy (non-hydrogen) atoms. The molecule has 1 amide bonds. The number of nitrogens with zero attached hydrogens (tertiary/aromatic N) is 2. The summed E-state index contributed by atoms with van der Waals surface area (Å²) in [6.45, 7) is 3.32. The highest BCUT2D eigenvalue weighted by Crippen LogP contribution is 2.26. The normalized spacial score (nSPS) is 32.0. The summed E-state index contributed by atoms with van der Waals surface area (Å²) in [5.41, 5.74) is 5.77. The first-order chi connectivity index (χ1) is 7.72. The highest BCUT2D eigenvalue weighted by molar-refractivity contribution is 7.99. The van der Waals surface area contributed by atoms with Crippen molar-refractivity contribution in [3.8, 4) is 0 Å². The number of nitrogens with two attached hydrogens (primary N) is 1. The van der Waals surface area contributed by atoms with Crippen LogP contribution in [0.1, 0.15) is 6.42 Å². The van der Waals surface area contributed by atoms with E-state index in [1.165, 1.54) is 0 Å². The van der Waals surface area contributed by atoms with Crippen molar-refractivity contribution in [3.05, 3.63) is 0 Å². The number of thioether (sulfide) groups is 1. The smallest absolute Gasteiger partial charge is 0.226 e. The van der Waals surface area contributed by atoms with Crippen LogP contribution in [0, 0.1) is 5.92 Å². The van der Waals surface area contributed by atoms with Crippen LogP contribution in [-0.2, 0) is 4.79 Å². The number of hydrogen-bond donors (Lipinski definition) is 1. The molecule has 2 aliphatic heterocycles. The Labute approximate surface area is 102 Å². The molecular weight excluding hydrogens is 222 g/mol. The van der Waals surface area contributed by atoms with Crippen molar-refractivity contribution in [1.29, 1.82) is 0 Å². The summed E-state index contributed by atoms with van der Waals surface area (Å²) in [7, 11) is 2.09. The predicted molar refractivity (Wildman–Crippen MR) is 67.5 cm³/mol. The molecule has 2 heterocycles. The van der Waals surface area contributed by atoms with Gasteiger partial charge >= 0.3 is 0 Å². The van der Waals surface area contributed by atoms with Gasteiger partial charge in [-0.15, -0.1) is 0 Å². The van der Waals surface area contributed by atoms with Gasteiger partial charge in [0.25, 0.3) is 0 Å². The van der Waals surface area contributed by atoms with Crippen molar-refractivity contribution >= 4 is 17.7 Å². The molecule has 2 N–H and O–H groups in total. The summed E-state index contributed by atoms with van der Waals surface area (Å²) in [5, 5.41) is 0. The average molecular weight is 243 g/mol. The van der Waals surface area contributed by atoms with E-state index >= 15 is 0 Å². The molecule has 0 aromatic heterocycles. The highest BCUT2D eigenvalue weighted by Gasteiger charge is 2.33. The molecular formula is C11H21N3OS. The second-order valence-corrected chi connectivity index (χ2v) is 5.89. The van der Waals surface area contributed by atoms with Crippen LogP contribution >= 0.6 is 11.8 Å². The Morgan fingerprint density at radius 3 is 2.94 bits per heavy atom. The first-order valence-electron chi connectivity index (χ1n) is 5.99. The zero-order chi connectivity index (χ0) is 11.5. The molecule has 0 bridgehead atoms. The van der Waals surface area contributed by atoms with E-state index in [-0.39, 0.29) is 12.0 Å². The van der Waals surface area contributed by atoms with Gasteiger partial charge in [0.2, 0.25) is 5.91 Å². The largest absolute Gasteiger partial charge is 0.336 e. The van der Waals surface area contributed by atoms with Crippen LogP contribution in [0.3, 0.4) is 0 Å². The number of carbonyl (C=O) groups excluding carboxylic acids is 1. The number of piperazine rings is 1. The fourth-order valence-electron chi connectivity index (χ4n) is 2.47. The molecule has 0 radical (unpaired) electrons. The van der Waals surface area contributed by atoms with Gasteiger partial charge in [-0.1, -0.05) is 0 Å². The van der Waals surface area contributed by atoms with E-state index in [0.717, 1.165) is 37.6 Å². The van der Waals surface area contributed by atoms with Gasteiger partial charge in [0, 0.05) is 37.8 Å². The minimum absolute atomic E-state index is 0.219. The van der Waals surface area contributed by atoms with Gasteiger partial charge in [-0.2, -0.15) is 11.8 Å². The molecule has 92 valence electrons. The van der Waals surface area contributed by atoms with E-state index in [2.05, 4.69) is 11.9 Å². The lowest BCUT2D eigenvalue weighted by atomic mass is 10.0. The molecule has 2 fully saturated rings. The Bertz CT molecular complexity index is 256. The van der Waals surface area contributed by atoms with Gasteiger partial charge in [0.1, 0.15) is 0 Å². The van der Waals surface area contributed by atoms with Crippen LogP contribution in [0.15, 0.2) is 0 Å². The van der Waals surface area contributed by atoms with Gasteiger partial charge in [0.05, 0.1) is 6.04 Å². The molecule has 2 unspecified atom stereocenters. The zero-order valence-electron chi connectivity index (χ0n) is 9.89. The summed E-state index contributed by atoms with van der Waals surface area (Å²) < 4.78 is 0. The Balaban J connectivity index is 1.98. The summed E-state index contributed by atoms with van der Waals surface area (Å²) >= 11 is 1.89. The maximum absolute atomic E-state index is 12.3. The topological polar surface area (TPSA) is 49.6 Å². The lowest BCUT2D eigenvalue weighted by Gasteiger charge is -2.40. The first-order valence-corrected chi connectivity index (χ1v) is 7.14. The highest BCUT2D eigenvalue weighted by atomic mass is 32.2. The van der Waals surface area contributed by atoms with Crippen molar-refractivity contribution < 1.29 is 4.79 Å². The maximum atomic E-state index is 12.3. The van der Waals surface area contributed by atoms with Gasteiger partial charge in [0.15, 0.2) is 0 Å². The maximum Gasteiger partial charge on any atom is 0.226 e. The van der Waals surface area contributed by atoms with Gasteiger partial charge < -0.3 is 15.5 Å².